The Morgan fingerprint density at radius 1 is 1.03 bits per heavy atom. The highest BCUT2D eigenvalue weighted by atomic mass is 16.6. The Morgan fingerprint density at radius 2 is 1.77 bits per heavy atom. The number of non-ortho nitro benzene ring substituents is 1. The van der Waals surface area contributed by atoms with Crippen LogP contribution in [0.4, 0.5) is 5.69 Å². The number of hydrazone groups is 1. The fourth-order valence-electron chi connectivity index (χ4n) is 2.76. The van der Waals surface area contributed by atoms with Crippen molar-refractivity contribution in [2.24, 2.45) is 5.10 Å². The van der Waals surface area contributed by atoms with E-state index >= 15 is 0 Å². The SMILES string of the molecule is COc1cc(/C=N/NC(=O)Cc2ccc([N+](=O)[O-])cc2)ccc1OCc1ccccc1. The van der Waals surface area contributed by atoms with Crippen LogP contribution in [0.2, 0.25) is 0 Å². The number of methoxy groups -OCH3 is 1. The lowest BCUT2D eigenvalue weighted by Crippen LogP contribution is -2.19. The Labute approximate surface area is 179 Å². The van der Waals surface area contributed by atoms with Gasteiger partial charge in [-0.3, -0.25) is 14.9 Å². The van der Waals surface area contributed by atoms with Crippen LogP contribution in [-0.4, -0.2) is 24.2 Å². The van der Waals surface area contributed by atoms with E-state index in [4.69, 9.17) is 9.47 Å². The summed E-state index contributed by atoms with van der Waals surface area (Å²) in [5.41, 5.74) is 4.84. The molecular formula is C23H21N3O5. The van der Waals surface area contributed by atoms with Crippen LogP contribution < -0.4 is 14.9 Å². The molecule has 3 aromatic carbocycles. The van der Waals surface area contributed by atoms with Crippen molar-refractivity contribution in [3.05, 3.63) is 99.6 Å². The van der Waals surface area contributed by atoms with Gasteiger partial charge in [0.2, 0.25) is 5.91 Å². The maximum absolute atomic E-state index is 12.0. The second-order valence-corrected chi connectivity index (χ2v) is 6.58. The molecule has 0 spiro atoms. The smallest absolute Gasteiger partial charge is 0.269 e. The summed E-state index contributed by atoms with van der Waals surface area (Å²) in [6.45, 7) is 0.420. The molecule has 158 valence electrons. The third-order valence-electron chi connectivity index (χ3n) is 4.34. The number of nitro groups is 1. The van der Waals surface area contributed by atoms with Crippen LogP contribution >= 0.6 is 0 Å². The van der Waals surface area contributed by atoms with E-state index < -0.39 is 4.92 Å². The van der Waals surface area contributed by atoms with E-state index in [1.807, 2.05) is 30.3 Å². The molecular weight excluding hydrogens is 398 g/mol. The first-order valence-corrected chi connectivity index (χ1v) is 9.45. The molecule has 8 nitrogen and oxygen atoms in total. The van der Waals surface area contributed by atoms with Crippen molar-refractivity contribution >= 4 is 17.8 Å². The number of hydrogen-bond acceptors (Lipinski definition) is 6. The first-order valence-electron chi connectivity index (χ1n) is 9.45. The summed E-state index contributed by atoms with van der Waals surface area (Å²) in [6, 6.07) is 20.9. The molecule has 0 bridgehead atoms. The molecule has 0 aliphatic heterocycles. The molecule has 0 radical (unpaired) electrons. The van der Waals surface area contributed by atoms with Gasteiger partial charge in [0, 0.05) is 12.1 Å². The van der Waals surface area contributed by atoms with Crippen molar-refractivity contribution in [3.63, 3.8) is 0 Å². The zero-order chi connectivity index (χ0) is 22.1. The minimum absolute atomic E-state index is 0.0210. The molecule has 0 fully saturated rings. The molecule has 1 N–H and O–H groups in total. The predicted octanol–water partition coefficient (Wildman–Crippen LogP) is 3.88. The monoisotopic (exact) mass is 419 g/mol. The molecule has 0 atom stereocenters. The van der Waals surface area contributed by atoms with Crippen molar-refractivity contribution in [1.82, 2.24) is 5.43 Å². The quantitative estimate of drug-likeness (QED) is 0.322. The molecule has 0 unspecified atom stereocenters. The van der Waals surface area contributed by atoms with Crippen LogP contribution in [0.5, 0.6) is 11.5 Å². The minimum atomic E-state index is -0.486. The zero-order valence-electron chi connectivity index (χ0n) is 16.9. The van der Waals surface area contributed by atoms with Crippen LogP contribution in [-0.2, 0) is 17.8 Å². The van der Waals surface area contributed by atoms with E-state index in [2.05, 4.69) is 10.5 Å². The van der Waals surface area contributed by atoms with Crippen molar-refractivity contribution in [3.8, 4) is 11.5 Å². The Kier molecular flexibility index (Phi) is 7.31. The van der Waals surface area contributed by atoms with Crippen LogP contribution in [0.25, 0.3) is 0 Å². The molecule has 31 heavy (non-hydrogen) atoms. The van der Waals surface area contributed by atoms with E-state index in [1.54, 1.807) is 37.4 Å². The van der Waals surface area contributed by atoms with Gasteiger partial charge in [0.15, 0.2) is 11.5 Å². The van der Waals surface area contributed by atoms with Gasteiger partial charge >= 0.3 is 0 Å². The van der Waals surface area contributed by atoms with Crippen molar-refractivity contribution in [2.75, 3.05) is 7.11 Å². The second-order valence-electron chi connectivity index (χ2n) is 6.58. The van der Waals surface area contributed by atoms with E-state index in [0.717, 1.165) is 11.1 Å². The number of ether oxygens (including phenoxy) is 2. The van der Waals surface area contributed by atoms with Gasteiger partial charge in [0.1, 0.15) is 6.61 Å². The summed E-state index contributed by atoms with van der Waals surface area (Å²) in [6.07, 6.45) is 1.56. The zero-order valence-corrected chi connectivity index (χ0v) is 16.9. The van der Waals surface area contributed by atoms with E-state index in [1.165, 1.54) is 18.3 Å². The number of nitrogens with one attached hydrogen (secondary N) is 1. The molecule has 1 amide bonds. The van der Waals surface area contributed by atoms with Crippen molar-refractivity contribution < 1.29 is 19.2 Å². The number of carbonyl (C=O) groups is 1. The van der Waals surface area contributed by atoms with Gasteiger partial charge in [-0.1, -0.05) is 42.5 Å². The van der Waals surface area contributed by atoms with Gasteiger partial charge in [0.05, 0.1) is 24.7 Å². The lowest BCUT2D eigenvalue weighted by atomic mass is 10.1. The van der Waals surface area contributed by atoms with Crippen molar-refractivity contribution in [2.45, 2.75) is 13.0 Å². The lowest BCUT2D eigenvalue weighted by Gasteiger charge is -2.11. The minimum Gasteiger partial charge on any atom is -0.493 e. The Balaban J connectivity index is 1.55. The van der Waals surface area contributed by atoms with Crippen LogP contribution in [0, 0.1) is 10.1 Å². The topological polar surface area (TPSA) is 103 Å². The summed E-state index contributed by atoms with van der Waals surface area (Å²) in [5, 5.41) is 14.6. The molecule has 8 heteroatoms. The molecule has 0 heterocycles. The molecule has 0 aromatic heterocycles. The maximum Gasteiger partial charge on any atom is 0.269 e. The lowest BCUT2D eigenvalue weighted by molar-refractivity contribution is -0.384. The van der Waals surface area contributed by atoms with E-state index in [9.17, 15) is 14.9 Å². The van der Waals surface area contributed by atoms with Gasteiger partial charge in [-0.05, 0) is 34.9 Å². The number of nitrogens with zero attached hydrogens (tertiary/aromatic N) is 2. The summed E-state index contributed by atoms with van der Waals surface area (Å²) >= 11 is 0. The number of benzene rings is 3. The summed E-state index contributed by atoms with van der Waals surface area (Å²) in [7, 11) is 1.55. The first-order chi connectivity index (χ1) is 15.0. The fourth-order valence-corrected chi connectivity index (χ4v) is 2.76. The number of rotatable bonds is 9. The average Bonchev–Trinajstić information content (AvgIpc) is 2.79. The van der Waals surface area contributed by atoms with Gasteiger partial charge in [0.25, 0.3) is 5.69 Å². The third-order valence-corrected chi connectivity index (χ3v) is 4.34. The maximum atomic E-state index is 12.0. The Bertz CT molecular complexity index is 1070. The van der Waals surface area contributed by atoms with E-state index in [0.29, 0.717) is 23.7 Å². The standard InChI is InChI=1S/C23H21N3O5/c1-30-22-13-19(9-12-21(22)31-16-18-5-3-2-4-6-18)15-24-25-23(27)14-17-7-10-20(11-8-17)26(28)29/h2-13,15H,14,16H2,1H3,(H,25,27)/b24-15+. The normalized spacial score (nSPS) is 10.6. The van der Waals surface area contributed by atoms with Gasteiger partial charge < -0.3 is 9.47 Å². The first kappa shape index (κ1) is 21.5. The van der Waals surface area contributed by atoms with E-state index in [-0.39, 0.29) is 18.0 Å². The molecule has 0 saturated carbocycles. The molecule has 0 saturated heterocycles. The fraction of sp³-hybridized carbons (Fsp3) is 0.130. The van der Waals surface area contributed by atoms with Crippen molar-refractivity contribution in [1.29, 1.82) is 0 Å². The highest BCUT2D eigenvalue weighted by Crippen LogP contribution is 2.28. The van der Waals surface area contributed by atoms with Gasteiger partial charge in [-0.15, -0.1) is 0 Å². The highest BCUT2D eigenvalue weighted by Gasteiger charge is 2.08. The third kappa shape index (κ3) is 6.40. The summed E-state index contributed by atoms with van der Waals surface area (Å²) in [5.74, 6) is 0.822. The largest absolute Gasteiger partial charge is 0.493 e. The average molecular weight is 419 g/mol. The number of hydrogen-bond donors (Lipinski definition) is 1. The molecule has 0 aliphatic rings. The van der Waals surface area contributed by atoms with Gasteiger partial charge in [-0.2, -0.15) is 5.10 Å². The summed E-state index contributed by atoms with van der Waals surface area (Å²) < 4.78 is 11.2. The van der Waals surface area contributed by atoms with Crippen LogP contribution in [0.3, 0.4) is 0 Å². The number of carbonyl (C=O) groups excluding carboxylic acids is 1. The second kappa shape index (κ2) is 10.5. The molecule has 3 rings (SSSR count). The van der Waals surface area contributed by atoms with Crippen LogP contribution in [0.15, 0.2) is 77.9 Å². The highest BCUT2D eigenvalue weighted by molar-refractivity contribution is 5.84. The summed E-state index contributed by atoms with van der Waals surface area (Å²) in [4.78, 5) is 22.2. The van der Waals surface area contributed by atoms with Crippen LogP contribution in [0.1, 0.15) is 16.7 Å². The molecule has 0 aliphatic carbocycles. The van der Waals surface area contributed by atoms with Gasteiger partial charge in [-0.25, -0.2) is 5.43 Å². The predicted molar refractivity (Wildman–Crippen MR) is 116 cm³/mol. The molecule has 3 aromatic rings. The number of amides is 1. The Hall–Kier alpha value is -4.20. The Morgan fingerprint density at radius 3 is 2.45 bits per heavy atom. The number of nitro benzene ring substituents is 1.